The van der Waals surface area contributed by atoms with Crippen LogP contribution in [-0.2, 0) is 25.5 Å². The van der Waals surface area contributed by atoms with E-state index in [9.17, 15) is 14.4 Å². The molecule has 0 aromatic heterocycles. The van der Waals surface area contributed by atoms with Gasteiger partial charge in [-0.3, -0.25) is 14.4 Å². The maximum atomic E-state index is 11.9. The molecule has 1 aromatic carbocycles. The van der Waals surface area contributed by atoms with Crippen LogP contribution in [0.25, 0.3) is 0 Å². The van der Waals surface area contributed by atoms with E-state index in [0.29, 0.717) is 6.42 Å². The first-order chi connectivity index (χ1) is 12.0. The molecule has 0 bridgehead atoms. The van der Waals surface area contributed by atoms with Crippen LogP contribution in [-0.4, -0.2) is 56.0 Å². The molecule has 0 radical (unpaired) electrons. The summed E-state index contributed by atoms with van der Waals surface area (Å²) in [6.45, 7) is -0.382. The third kappa shape index (κ3) is 6.82. The van der Waals surface area contributed by atoms with Crippen LogP contribution >= 0.6 is 0 Å². The minimum atomic E-state index is -0.444. The molecule has 1 saturated carbocycles. The zero-order valence-electron chi connectivity index (χ0n) is 14.6. The van der Waals surface area contributed by atoms with Crippen molar-refractivity contribution in [1.82, 2.24) is 10.2 Å². The van der Waals surface area contributed by atoms with E-state index in [4.69, 9.17) is 9.47 Å². The zero-order chi connectivity index (χ0) is 18.2. The Hall–Kier alpha value is -2.57. The highest BCUT2D eigenvalue weighted by Crippen LogP contribution is 2.18. The van der Waals surface area contributed by atoms with Gasteiger partial charge in [0.05, 0.1) is 13.7 Å². The fourth-order valence-electron chi connectivity index (χ4n) is 2.17. The van der Waals surface area contributed by atoms with Gasteiger partial charge in [0, 0.05) is 19.5 Å². The van der Waals surface area contributed by atoms with Gasteiger partial charge in [-0.25, -0.2) is 0 Å². The molecule has 1 aliphatic carbocycles. The predicted octanol–water partition coefficient (Wildman–Crippen LogP) is 0.908. The van der Waals surface area contributed by atoms with Gasteiger partial charge < -0.3 is 19.7 Å². The van der Waals surface area contributed by atoms with Crippen LogP contribution in [0.4, 0.5) is 0 Å². The van der Waals surface area contributed by atoms with Crippen molar-refractivity contribution in [2.45, 2.75) is 31.7 Å². The number of amides is 2. The summed E-state index contributed by atoms with van der Waals surface area (Å²) in [5.74, 6) is -0.279. The topological polar surface area (TPSA) is 84.9 Å². The number of ether oxygens (including phenoxy) is 2. The SMILES string of the molecule is COc1ccc(CCC(=O)OCC(=O)N(C)CC(=O)NC2CC2)cc1. The molecule has 1 aromatic rings. The van der Waals surface area contributed by atoms with Crippen LogP contribution in [0, 0.1) is 0 Å². The summed E-state index contributed by atoms with van der Waals surface area (Å²) >= 11 is 0. The van der Waals surface area contributed by atoms with Crippen molar-refractivity contribution in [3.63, 3.8) is 0 Å². The lowest BCUT2D eigenvalue weighted by Crippen LogP contribution is -2.40. The number of benzene rings is 1. The second-order valence-electron chi connectivity index (χ2n) is 6.10. The van der Waals surface area contributed by atoms with Crippen molar-refractivity contribution in [3.8, 4) is 5.75 Å². The van der Waals surface area contributed by atoms with Crippen molar-refractivity contribution >= 4 is 17.8 Å². The first kappa shape index (κ1) is 18.8. The summed E-state index contributed by atoms with van der Waals surface area (Å²) in [6.07, 6.45) is 2.70. The third-order valence-electron chi connectivity index (χ3n) is 3.88. The Morgan fingerprint density at radius 1 is 1.20 bits per heavy atom. The number of hydrogen-bond donors (Lipinski definition) is 1. The number of nitrogens with one attached hydrogen (secondary N) is 1. The number of carbonyl (C=O) groups is 3. The van der Waals surface area contributed by atoms with Crippen LogP contribution < -0.4 is 10.1 Å². The molecule has 2 amide bonds. The number of aryl methyl sites for hydroxylation is 1. The fraction of sp³-hybridized carbons (Fsp3) is 0.500. The smallest absolute Gasteiger partial charge is 0.306 e. The molecular formula is C18H24N2O5. The molecule has 2 rings (SSSR count). The predicted molar refractivity (Wildman–Crippen MR) is 91.1 cm³/mol. The van der Waals surface area contributed by atoms with Crippen molar-refractivity contribution in [2.75, 3.05) is 27.3 Å². The normalized spacial score (nSPS) is 13.0. The maximum Gasteiger partial charge on any atom is 0.306 e. The van der Waals surface area contributed by atoms with Gasteiger partial charge in [0.2, 0.25) is 5.91 Å². The number of methoxy groups -OCH3 is 1. The molecule has 7 nitrogen and oxygen atoms in total. The summed E-state index contributed by atoms with van der Waals surface area (Å²) in [4.78, 5) is 36.5. The molecule has 0 aliphatic heterocycles. The Morgan fingerprint density at radius 3 is 2.48 bits per heavy atom. The van der Waals surface area contributed by atoms with E-state index in [1.165, 1.54) is 11.9 Å². The number of likely N-dealkylation sites (N-methyl/N-ethyl adjacent to an activating group) is 1. The number of carbonyl (C=O) groups excluding carboxylic acids is 3. The number of hydrogen-bond acceptors (Lipinski definition) is 5. The van der Waals surface area contributed by atoms with Gasteiger partial charge in [-0.1, -0.05) is 12.1 Å². The highest BCUT2D eigenvalue weighted by Gasteiger charge is 2.24. The molecule has 1 N–H and O–H groups in total. The summed E-state index contributed by atoms with van der Waals surface area (Å²) < 4.78 is 10.1. The number of esters is 1. The van der Waals surface area contributed by atoms with E-state index in [0.717, 1.165) is 24.2 Å². The van der Waals surface area contributed by atoms with Crippen LogP contribution in [0.1, 0.15) is 24.8 Å². The Morgan fingerprint density at radius 2 is 1.88 bits per heavy atom. The van der Waals surface area contributed by atoms with Crippen molar-refractivity contribution in [1.29, 1.82) is 0 Å². The van der Waals surface area contributed by atoms with Gasteiger partial charge in [-0.05, 0) is 37.0 Å². The summed E-state index contributed by atoms with van der Waals surface area (Å²) in [5, 5.41) is 2.80. The monoisotopic (exact) mass is 348 g/mol. The van der Waals surface area contributed by atoms with E-state index in [-0.39, 0.29) is 31.5 Å². The van der Waals surface area contributed by atoms with Crippen molar-refractivity contribution in [2.24, 2.45) is 0 Å². The quantitative estimate of drug-likeness (QED) is 0.671. The van der Waals surface area contributed by atoms with Crippen molar-refractivity contribution < 1.29 is 23.9 Å². The van der Waals surface area contributed by atoms with Gasteiger partial charge >= 0.3 is 5.97 Å². The summed E-state index contributed by atoms with van der Waals surface area (Å²) in [7, 11) is 3.11. The van der Waals surface area contributed by atoms with E-state index < -0.39 is 11.9 Å². The Labute approximate surface area is 147 Å². The molecule has 0 spiro atoms. The molecular weight excluding hydrogens is 324 g/mol. The fourth-order valence-corrected chi connectivity index (χ4v) is 2.17. The van der Waals surface area contributed by atoms with Gasteiger partial charge in [0.15, 0.2) is 6.61 Å². The van der Waals surface area contributed by atoms with Gasteiger partial charge in [0.1, 0.15) is 5.75 Å². The minimum Gasteiger partial charge on any atom is -0.497 e. The zero-order valence-corrected chi connectivity index (χ0v) is 14.6. The second kappa shape index (κ2) is 9.05. The van der Waals surface area contributed by atoms with Gasteiger partial charge in [-0.15, -0.1) is 0 Å². The molecule has 0 heterocycles. The van der Waals surface area contributed by atoms with Crippen LogP contribution in [0.5, 0.6) is 5.75 Å². The average molecular weight is 348 g/mol. The number of nitrogens with zero attached hydrogens (tertiary/aromatic N) is 1. The second-order valence-corrected chi connectivity index (χ2v) is 6.10. The lowest BCUT2D eigenvalue weighted by atomic mass is 10.1. The lowest BCUT2D eigenvalue weighted by Gasteiger charge is -2.16. The molecule has 0 saturated heterocycles. The molecule has 0 atom stereocenters. The largest absolute Gasteiger partial charge is 0.497 e. The molecule has 1 aliphatic rings. The molecule has 7 heteroatoms. The van der Waals surface area contributed by atoms with E-state index in [1.807, 2.05) is 24.3 Å². The average Bonchev–Trinajstić information content (AvgIpc) is 3.41. The highest BCUT2D eigenvalue weighted by molar-refractivity contribution is 5.86. The van der Waals surface area contributed by atoms with E-state index >= 15 is 0 Å². The summed E-state index contributed by atoms with van der Waals surface area (Å²) in [5.41, 5.74) is 0.984. The molecule has 0 unspecified atom stereocenters. The standard InChI is InChI=1S/C18H24N2O5/c1-20(11-16(21)19-14-6-7-14)17(22)12-25-18(23)10-5-13-3-8-15(24-2)9-4-13/h3-4,8-9,14H,5-7,10-12H2,1-2H3,(H,19,21). The first-order valence-electron chi connectivity index (χ1n) is 8.30. The minimum absolute atomic E-state index is 0.0290. The first-order valence-corrected chi connectivity index (χ1v) is 8.30. The van der Waals surface area contributed by atoms with E-state index in [1.54, 1.807) is 7.11 Å². The van der Waals surface area contributed by atoms with Gasteiger partial charge in [0.25, 0.3) is 5.91 Å². The lowest BCUT2D eigenvalue weighted by molar-refractivity contribution is -0.151. The van der Waals surface area contributed by atoms with Crippen LogP contribution in [0.3, 0.4) is 0 Å². The Bertz CT molecular complexity index is 610. The summed E-state index contributed by atoms with van der Waals surface area (Å²) in [6, 6.07) is 7.66. The molecule has 25 heavy (non-hydrogen) atoms. The number of rotatable bonds is 9. The van der Waals surface area contributed by atoms with Gasteiger partial charge in [-0.2, -0.15) is 0 Å². The van der Waals surface area contributed by atoms with Crippen LogP contribution in [0.15, 0.2) is 24.3 Å². The maximum absolute atomic E-state index is 11.9. The molecule has 136 valence electrons. The Balaban J connectivity index is 1.63. The van der Waals surface area contributed by atoms with E-state index in [2.05, 4.69) is 5.32 Å². The molecule has 1 fully saturated rings. The third-order valence-corrected chi connectivity index (χ3v) is 3.88. The Kier molecular flexibility index (Phi) is 6.80. The van der Waals surface area contributed by atoms with Crippen molar-refractivity contribution in [3.05, 3.63) is 29.8 Å². The highest BCUT2D eigenvalue weighted by atomic mass is 16.5. The van der Waals surface area contributed by atoms with Crippen LogP contribution in [0.2, 0.25) is 0 Å².